The Morgan fingerprint density at radius 2 is 1.82 bits per heavy atom. The Labute approximate surface area is 195 Å². The van der Waals surface area contributed by atoms with Gasteiger partial charge in [-0.15, -0.1) is 0 Å². The van der Waals surface area contributed by atoms with Crippen molar-refractivity contribution in [2.24, 2.45) is 0 Å². The molecule has 0 aromatic heterocycles. The van der Waals surface area contributed by atoms with E-state index in [-0.39, 0.29) is 17.9 Å². The largest absolute Gasteiger partial charge is 0.491 e. The van der Waals surface area contributed by atoms with Crippen LogP contribution >= 0.6 is 0 Å². The first-order chi connectivity index (χ1) is 16.0. The Morgan fingerprint density at radius 3 is 2.52 bits per heavy atom. The fourth-order valence-electron chi connectivity index (χ4n) is 4.23. The van der Waals surface area contributed by atoms with Gasteiger partial charge in [0, 0.05) is 44.0 Å². The van der Waals surface area contributed by atoms with Gasteiger partial charge in [-0.25, -0.2) is 0 Å². The number of nitrogens with one attached hydrogen (secondary N) is 1. The number of hydrogen-bond donors (Lipinski definition) is 1. The summed E-state index contributed by atoms with van der Waals surface area (Å²) in [4.78, 5) is 29.3. The maximum atomic E-state index is 12.9. The molecule has 2 saturated heterocycles. The van der Waals surface area contributed by atoms with E-state index in [4.69, 9.17) is 9.47 Å². The molecule has 0 aliphatic carbocycles. The van der Waals surface area contributed by atoms with Crippen molar-refractivity contribution in [1.82, 2.24) is 9.80 Å². The zero-order valence-electron chi connectivity index (χ0n) is 19.5. The Balaban J connectivity index is 1.22. The van der Waals surface area contributed by atoms with E-state index in [9.17, 15) is 9.59 Å². The van der Waals surface area contributed by atoms with Crippen LogP contribution in [0.1, 0.15) is 34.3 Å². The van der Waals surface area contributed by atoms with Gasteiger partial charge in [-0.2, -0.15) is 0 Å². The lowest BCUT2D eigenvalue weighted by atomic mass is 10.1. The number of benzene rings is 2. The second kappa shape index (κ2) is 10.8. The van der Waals surface area contributed by atoms with E-state index >= 15 is 0 Å². The van der Waals surface area contributed by atoms with Crippen LogP contribution in [-0.2, 0) is 9.53 Å². The second-order valence-electron chi connectivity index (χ2n) is 8.83. The second-order valence-corrected chi connectivity index (χ2v) is 8.83. The summed E-state index contributed by atoms with van der Waals surface area (Å²) < 4.78 is 11.4. The topological polar surface area (TPSA) is 71.1 Å². The van der Waals surface area contributed by atoms with Gasteiger partial charge in [-0.05, 0) is 68.1 Å². The number of carbonyl (C=O) groups is 2. The lowest BCUT2D eigenvalue weighted by Gasteiger charge is -2.34. The highest BCUT2D eigenvalue weighted by Gasteiger charge is 2.23. The fraction of sp³-hybridized carbons (Fsp3) is 0.462. The van der Waals surface area contributed by atoms with Crippen LogP contribution in [0.2, 0.25) is 0 Å². The van der Waals surface area contributed by atoms with Crippen LogP contribution in [0.25, 0.3) is 0 Å². The normalized spacial score (nSPS) is 18.8. The summed E-state index contributed by atoms with van der Waals surface area (Å²) in [6.45, 7) is 8.29. The van der Waals surface area contributed by atoms with Crippen LogP contribution < -0.4 is 10.1 Å². The van der Waals surface area contributed by atoms with Crippen molar-refractivity contribution in [3.63, 3.8) is 0 Å². The number of amides is 2. The number of anilines is 1. The number of aryl methyl sites for hydroxylation is 1. The highest BCUT2D eigenvalue weighted by Crippen LogP contribution is 2.19. The zero-order valence-corrected chi connectivity index (χ0v) is 19.5. The molecule has 2 heterocycles. The molecule has 7 heteroatoms. The molecule has 4 rings (SSSR count). The maximum Gasteiger partial charge on any atom is 0.253 e. The first-order valence-electron chi connectivity index (χ1n) is 11.7. The quantitative estimate of drug-likeness (QED) is 0.700. The van der Waals surface area contributed by atoms with Crippen LogP contribution in [0.4, 0.5) is 5.69 Å². The molecular weight excluding hydrogens is 418 g/mol. The molecule has 2 aliphatic heterocycles. The molecule has 0 bridgehead atoms. The predicted molar refractivity (Wildman–Crippen MR) is 128 cm³/mol. The molecule has 1 N–H and O–H groups in total. The van der Waals surface area contributed by atoms with Gasteiger partial charge < -0.3 is 19.7 Å². The molecule has 176 valence electrons. The summed E-state index contributed by atoms with van der Waals surface area (Å²) in [5, 5.41) is 3.01. The molecule has 2 amide bonds. The van der Waals surface area contributed by atoms with E-state index in [0.29, 0.717) is 44.9 Å². The monoisotopic (exact) mass is 451 g/mol. The first kappa shape index (κ1) is 23.3. The Morgan fingerprint density at radius 1 is 1.06 bits per heavy atom. The number of piperazine rings is 1. The van der Waals surface area contributed by atoms with Crippen LogP contribution in [-0.4, -0.2) is 73.7 Å². The Kier molecular flexibility index (Phi) is 7.62. The number of rotatable bonds is 7. The minimum atomic E-state index is -0.0259. The van der Waals surface area contributed by atoms with Crippen molar-refractivity contribution < 1.29 is 19.1 Å². The van der Waals surface area contributed by atoms with E-state index in [2.05, 4.69) is 10.2 Å². The van der Waals surface area contributed by atoms with E-state index in [0.717, 1.165) is 42.0 Å². The minimum absolute atomic E-state index is 0.0140. The van der Waals surface area contributed by atoms with Crippen molar-refractivity contribution in [3.05, 3.63) is 59.2 Å². The predicted octanol–water partition coefficient (Wildman–Crippen LogP) is 3.26. The van der Waals surface area contributed by atoms with Gasteiger partial charge in [0.15, 0.2) is 0 Å². The standard InChI is InChI=1S/C26H33N3O4/c1-19-5-3-7-24(20(19)2)27-25(30)17-28-12-14-29(15-13-28)26(31)21-8-10-22(11-9-21)33-18-23-6-4-16-32-23/h3,5,7-11,23H,4,6,12-18H2,1-2H3,(H,27,30)/t23-/m1/s1. The Hall–Kier alpha value is -2.90. The number of hydrogen-bond acceptors (Lipinski definition) is 5. The highest BCUT2D eigenvalue weighted by atomic mass is 16.5. The third kappa shape index (κ3) is 6.12. The van der Waals surface area contributed by atoms with Crippen molar-refractivity contribution in [3.8, 4) is 5.75 Å². The van der Waals surface area contributed by atoms with E-state index in [1.54, 1.807) is 0 Å². The molecule has 7 nitrogen and oxygen atoms in total. The molecule has 2 aromatic rings. The SMILES string of the molecule is Cc1cccc(NC(=O)CN2CCN(C(=O)c3ccc(OC[C@H]4CCCO4)cc3)CC2)c1C. The molecule has 2 aliphatic rings. The third-order valence-corrected chi connectivity index (χ3v) is 6.47. The van der Waals surface area contributed by atoms with Crippen LogP contribution in [0.5, 0.6) is 5.75 Å². The molecule has 0 unspecified atom stereocenters. The smallest absolute Gasteiger partial charge is 0.253 e. The Bertz CT molecular complexity index is 962. The van der Waals surface area contributed by atoms with Gasteiger partial charge in [-0.3, -0.25) is 14.5 Å². The summed E-state index contributed by atoms with van der Waals surface area (Å²) in [5.41, 5.74) is 3.75. The number of nitrogens with zero attached hydrogens (tertiary/aromatic N) is 2. The van der Waals surface area contributed by atoms with Gasteiger partial charge in [0.05, 0.1) is 12.6 Å². The molecule has 2 aromatic carbocycles. The average molecular weight is 452 g/mol. The molecule has 33 heavy (non-hydrogen) atoms. The van der Waals surface area contributed by atoms with Gasteiger partial charge in [-0.1, -0.05) is 12.1 Å². The summed E-state index contributed by atoms with van der Waals surface area (Å²) in [6, 6.07) is 13.2. The molecule has 0 saturated carbocycles. The van der Waals surface area contributed by atoms with Crippen LogP contribution in [0.15, 0.2) is 42.5 Å². The molecule has 2 fully saturated rings. The van der Waals surface area contributed by atoms with Gasteiger partial charge in [0.1, 0.15) is 12.4 Å². The highest BCUT2D eigenvalue weighted by molar-refractivity contribution is 5.95. The van der Waals surface area contributed by atoms with E-state index in [1.807, 2.05) is 61.2 Å². The van der Waals surface area contributed by atoms with Crippen LogP contribution in [0.3, 0.4) is 0 Å². The van der Waals surface area contributed by atoms with E-state index < -0.39 is 0 Å². The lowest BCUT2D eigenvalue weighted by molar-refractivity contribution is -0.117. The maximum absolute atomic E-state index is 12.9. The third-order valence-electron chi connectivity index (χ3n) is 6.47. The summed E-state index contributed by atoms with van der Waals surface area (Å²) in [7, 11) is 0. The number of carbonyl (C=O) groups excluding carboxylic acids is 2. The average Bonchev–Trinajstić information content (AvgIpc) is 3.35. The van der Waals surface area contributed by atoms with E-state index in [1.165, 1.54) is 0 Å². The zero-order chi connectivity index (χ0) is 23.2. The molecule has 0 radical (unpaired) electrons. The molecule has 0 spiro atoms. The fourth-order valence-corrected chi connectivity index (χ4v) is 4.23. The summed E-state index contributed by atoms with van der Waals surface area (Å²) in [6.07, 6.45) is 2.30. The van der Waals surface area contributed by atoms with Crippen molar-refractivity contribution >= 4 is 17.5 Å². The lowest BCUT2D eigenvalue weighted by Crippen LogP contribution is -2.50. The molecule has 1 atom stereocenters. The van der Waals surface area contributed by atoms with Gasteiger partial charge >= 0.3 is 0 Å². The first-order valence-corrected chi connectivity index (χ1v) is 11.7. The van der Waals surface area contributed by atoms with Crippen molar-refractivity contribution in [2.75, 3.05) is 51.3 Å². The number of ether oxygens (including phenoxy) is 2. The minimum Gasteiger partial charge on any atom is -0.491 e. The summed E-state index contributed by atoms with van der Waals surface area (Å²) in [5.74, 6) is 0.740. The van der Waals surface area contributed by atoms with Gasteiger partial charge in [0.2, 0.25) is 5.91 Å². The summed E-state index contributed by atoms with van der Waals surface area (Å²) >= 11 is 0. The van der Waals surface area contributed by atoms with Crippen molar-refractivity contribution in [2.45, 2.75) is 32.8 Å². The molecular formula is C26H33N3O4. The van der Waals surface area contributed by atoms with Gasteiger partial charge in [0.25, 0.3) is 5.91 Å². The van der Waals surface area contributed by atoms with Crippen molar-refractivity contribution in [1.29, 1.82) is 0 Å². The van der Waals surface area contributed by atoms with Crippen LogP contribution in [0, 0.1) is 13.8 Å².